The van der Waals surface area contributed by atoms with Crippen LogP contribution in [0.15, 0.2) is 47.1 Å². The van der Waals surface area contributed by atoms with Gasteiger partial charge in [-0.05, 0) is 36.5 Å². The molecule has 114 valence electrons. The normalized spacial score (nSPS) is 25.5. The Morgan fingerprint density at radius 1 is 1.27 bits per heavy atom. The molecule has 0 N–H and O–H groups in total. The number of ether oxygens (including phenoxy) is 2. The van der Waals surface area contributed by atoms with Crippen LogP contribution in [0.1, 0.15) is 26.2 Å². The highest BCUT2D eigenvalue weighted by atomic mass is 16.7. The summed E-state index contributed by atoms with van der Waals surface area (Å²) in [4.78, 5) is 36.5. The number of rotatable bonds is 3. The van der Waals surface area contributed by atoms with Gasteiger partial charge in [-0.1, -0.05) is 30.4 Å². The van der Waals surface area contributed by atoms with Crippen molar-refractivity contribution in [1.29, 1.82) is 0 Å². The molecule has 0 aromatic heterocycles. The maximum absolute atomic E-state index is 12.6. The number of hydrogen-bond acceptors (Lipinski definition) is 5. The fourth-order valence-corrected chi connectivity index (χ4v) is 3.25. The molecule has 3 aliphatic carbocycles. The minimum atomic E-state index is -1.39. The van der Waals surface area contributed by atoms with Crippen LogP contribution in [0, 0.1) is 5.41 Å². The van der Waals surface area contributed by atoms with Gasteiger partial charge in [-0.2, -0.15) is 0 Å². The Labute approximate surface area is 128 Å². The van der Waals surface area contributed by atoms with Crippen LogP contribution in [-0.2, 0) is 19.1 Å². The van der Waals surface area contributed by atoms with Crippen LogP contribution in [-0.4, -0.2) is 24.5 Å². The Morgan fingerprint density at radius 3 is 2.77 bits per heavy atom. The number of fused-ring (bicyclic) bond motifs is 1. The number of esters is 1. The molecule has 0 heterocycles. The van der Waals surface area contributed by atoms with Gasteiger partial charge in [-0.3, -0.25) is 9.59 Å². The number of carbonyl (C=O) groups excluding carboxylic acids is 3. The molecule has 0 bridgehead atoms. The van der Waals surface area contributed by atoms with Crippen molar-refractivity contribution in [3.8, 4) is 0 Å². The summed E-state index contributed by atoms with van der Waals surface area (Å²) in [6, 6.07) is 0. The lowest BCUT2D eigenvalue weighted by Gasteiger charge is -2.26. The van der Waals surface area contributed by atoms with Crippen LogP contribution in [0.2, 0.25) is 0 Å². The third-order valence-corrected chi connectivity index (χ3v) is 4.25. The summed E-state index contributed by atoms with van der Waals surface area (Å²) in [7, 11) is 0. The molecule has 1 saturated carbocycles. The molecule has 0 radical (unpaired) electrons. The van der Waals surface area contributed by atoms with Gasteiger partial charge >= 0.3 is 12.1 Å². The SMILES string of the molecule is CCOC(=O)OC(=O)C1(C2=C3C=CC=C3C=C2)CCCC1=O. The van der Waals surface area contributed by atoms with Crippen LogP contribution in [0.3, 0.4) is 0 Å². The summed E-state index contributed by atoms with van der Waals surface area (Å²) in [6.07, 6.45) is 9.52. The van der Waals surface area contributed by atoms with E-state index in [0.717, 1.165) is 11.1 Å². The summed E-state index contributed by atoms with van der Waals surface area (Å²) in [5.41, 5.74) is 1.07. The van der Waals surface area contributed by atoms with Gasteiger partial charge < -0.3 is 9.47 Å². The molecule has 0 amide bonds. The zero-order valence-corrected chi connectivity index (χ0v) is 12.3. The standard InChI is InChI=1S/C17H16O5/c1-2-21-16(20)22-15(19)17(10-4-7-14(17)18)13-9-8-11-5-3-6-12(11)13/h3,5-6,8-9H,2,4,7,10H2,1H3. The predicted octanol–water partition coefficient (Wildman–Crippen LogP) is 2.79. The van der Waals surface area contributed by atoms with E-state index < -0.39 is 17.5 Å². The highest BCUT2D eigenvalue weighted by Crippen LogP contribution is 2.48. The van der Waals surface area contributed by atoms with Gasteiger partial charge in [0.05, 0.1) is 6.61 Å². The molecular weight excluding hydrogens is 284 g/mol. The van der Waals surface area contributed by atoms with Gasteiger partial charge in [0.15, 0.2) is 11.2 Å². The number of carbonyl (C=O) groups is 3. The van der Waals surface area contributed by atoms with Gasteiger partial charge in [-0.25, -0.2) is 4.79 Å². The van der Waals surface area contributed by atoms with Gasteiger partial charge in [0, 0.05) is 6.42 Å². The average Bonchev–Trinajstić information content (AvgIpc) is 3.14. The van der Waals surface area contributed by atoms with E-state index in [9.17, 15) is 14.4 Å². The Bertz CT molecular complexity index is 677. The van der Waals surface area contributed by atoms with Crippen molar-refractivity contribution < 1.29 is 23.9 Å². The monoisotopic (exact) mass is 300 g/mol. The van der Waals surface area contributed by atoms with Crippen LogP contribution in [0.5, 0.6) is 0 Å². The van der Waals surface area contributed by atoms with Crippen molar-refractivity contribution in [2.75, 3.05) is 6.61 Å². The first-order chi connectivity index (χ1) is 10.6. The summed E-state index contributed by atoms with van der Waals surface area (Å²) in [5.74, 6) is -1.03. The van der Waals surface area contributed by atoms with Crippen LogP contribution in [0.25, 0.3) is 0 Å². The van der Waals surface area contributed by atoms with Crippen LogP contribution in [0.4, 0.5) is 4.79 Å². The molecule has 1 atom stereocenters. The summed E-state index contributed by atoms with van der Waals surface area (Å²) in [5, 5.41) is 0. The molecule has 0 aromatic carbocycles. The van der Waals surface area contributed by atoms with E-state index in [-0.39, 0.29) is 12.4 Å². The predicted molar refractivity (Wildman–Crippen MR) is 77.8 cm³/mol. The molecule has 1 unspecified atom stereocenters. The first-order valence-electron chi connectivity index (χ1n) is 7.33. The number of Topliss-reactive ketones (excluding diaryl/α,β-unsaturated/α-hetero) is 1. The summed E-state index contributed by atoms with van der Waals surface area (Å²) < 4.78 is 9.43. The molecule has 22 heavy (non-hydrogen) atoms. The highest BCUT2D eigenvalue weighted by Gasteiger charge is 2.54. The molecule has 0 spiro atoms. The molecule has 3 rings (SSSR count). The molecule has 3 aliphatic rings. The van der Waals surface area contributed by atoms with E-state index in [2.05, 4.69) is 4.74 Å². The smallest absolute Gasteiger partial charge is 0.434 e. The average molecular weight is 300 g/mol. The Balaban J connectivity index is 1.99. The molecule has 1 fully saturated rings. The van der Waals surface area contributed by atoms with Gasteiger partial charge in [-0.15, -0.1) is 0 Å². The third-order valence-electron chi connectivity index (χ3n) is 4.25. The Kier molecular flexibility index (Phi) is 3.56. The van der Waals surface area contributed by atoms with Crippen LogP contribution < -0.4 is 0 Å². The van der Waals surface area contributed by atoms with E-state index in [1.807, 2.05) is 24.3 Å². The number of allylic oxidation sites excluding steroid dienone is 7. The second kappa shape index (κ2) is 5.40. The van der Waals surface area contributed by atoms with Crippen molar-refractivity contribution in [2.24, 2.45) is 5.41 Å². The van der Waals surface area contributed by atoms with Crippen molar-refractivity contribution in [1.82, 2.24) is 0 Å². The maximum atomic E-state index is 12.6. The van der Waals surface area contributed by atoms with Crippen LogP contribution >= 0.6 is 0 Å². The van der Waals surface area contributed by atoms with Crippen molar-refractivity contribution in [3.63, 3.8) is 0 Å². The molecule has 0 aromatic rings. The minimum Gasteiger partial charge on any atom is -0.434 e. The molecule has 5 nitrogen and oxygen atoms in total. The van der Waals surface area contributed by atoms with E-state index in [4.69, 9.17) is 4.74 Å². The molecule has 5 heteroatoms. The lowest BCUT2D eigenvalue weighted by molar-refractivity contribution is -0.152. The molecule has 0 aliphatic heterocycles. The molecule has 0 saturated heterocycles. The van der Waals surface area contributed by atoms with Crippen molar-refractivity contribution in [3.05, 3.63) is 47.1 Å². The lowest BCUT2D eigenvalue weighted by atomic mass is 9.76. The number of hydrogen-bond donors (Lipinski definition) is 0. The minimum absolute atomic E-state index is 0.108. The summed E-state index contributed by atoms with van der Waals surface area (Å²) >= 11 is 0. The zero-order chi connectivity index (χ0) is 15.7. The fourth-order valence-electron chi connectivity index (χ4n) is 3.25. The second-order valence-electron chi connectivity index (χ2n) is 5.40. The van der Waals surface area contributed by atoms with E-state index in [1.54, 1.807) is 13.0 Å². The van der Waals surface area contributed by atoms with Gasteiger partial charge in [0.1, 0.15) is 0 Å². The largest absolute Gasteiger partial charge is 0.516 e. The van der Waals surface area contributed by atoms with E-state index >= 15 is 0 Å². The highest BCUT2D eigenvalue weighted by molar-refractivity contribution is 6.11. The quantitative estimate of drug-likeness (QED) is 0.592. The zero-order valence-electron chi connectivity index (χ0n) is 12.3. The first kappa shape index (κ1) is 14.5. The molecular formula is C17H16O5. The number of ketones is 1. The van der Waals surface area contributed by atoms with E-state index in [0.29, 0.717) is 24.8 Å². The van der Waals surface area contributed by atoms with E-state index in [1.165, 1.54) is 0 Å². The third kappa shape index (κ3) is 2.04. The van der Waals surface area contributed by atoms with Crippen molar-refractivity contribution in [2.45, 2.75) is 26.2 Å². The maximum Gasteiger partial charge on any atom is 0.516 e. The van der Waals surface area contributed by atoms with Gasteiger partial charge in [0.2, 0.25) is 0 Å². The van der Waals surface area contributed by atoms with Gasteiger partial charge in [0.25, 0.3) is 0 Å². The second-order valence-corrected chi connectivity index (χ2v) is 5.40. The Hall–Kier alpha value is -2.43. The fraction of sp³-hybridized carbons (Fsp3) is 0.353. The first-order valence-corrected chi connectivity index (χ1v) is 7.33. The summed E-state index contributed by atoms with van der Waals surface area (Å²) in [6.45, 7) is 1.73. The van der Waals surface area contributed by atoms with Crippen molar-refractivity contribution >= 4 is 17.9 Å². The topological polar surface area (TPSA) is 69.7 Å². The Morgan fingerprint density at radius 2 is 2.09 bits per heavy atom. The lowest BCUT2D eigenvalue weighted by Crippen LogP contribution is -2.39.